The third kappa shape index (κ3) is 2.45. The fraction of sp³-hybridized carbons (Fsp3) is 0.182. The number of carboxylic acids is 1. The Labute approximate surface area is 115 Å². The molecule has 2 rings (SSSR count). The zero-order valence-electron chi connectivity index (χ0n) is 9.38. The fourth-order valence-corrected chi connectivity index (χ4v) is 1.90. The molecule has 6 nitrogen and oxygen atoms in total. The number of nitrogens with zero attached hydrogens (tertiary/aromatic N) is 2. The fourth-order valence-electron chi connectivity index (χ4n) is 1.47. The predicted octanol–water partition coefficient (Wildman–Crippen LogP) is 1.50. The zero-order valence-corrected chi connectivity index (χ0v) is 11.5. The van der Waals surface area contributed by atoms with Gasteiger partial charge in [0, 0.05) is 6.20 Å². The summed E-state index contributed by atoms with van der Waals surface area (Å²) in [6, 6.07) is 2.90. The summed E-state index contributed by atoms with van der Waals surface area (Å²) >= 11 is 1.90. The molecule has 2 aromatic heterocycles. The highest BCUT2D eigenvalue weighted by molar-refractivity contribution is 14.1. The molecule has 0 saturated carbocycles. The van der Waals surface area contributed by atoms with E-state index in [4.69, 9.17) is 9.52 Å². The van der Waals surface area contributed by atoms with Gasteiger partial charge in [-0.2, -0.15) is 0 Å². The van der Waals surface area contributed by atoms with E-state index in [2.05, 4.69) is 4.98 Å². The second-order valence-corrected chi connectivity index (χ2v) is 4.78. The minimum Gasteiger partial charge on any atom is -0.475 e. The van der Waals surface area contributed by atoms with E-state index in [9.17, 15) is 9.59 Å². The average Bonchev–Trinajstić information content (AvgIpc) is 2.78. The Hall–Kier alpha value is -1.64. The van der Waals surface area contributed by atoms with E-state index in [1.807, 2.05) is 22.6 Å². The molecule has 0 radical (unpaired) electrons. The van der Waals surface area contributed by atoms with Gasteiger partial charge < -0.3 is 9.52 Å². The van der Waals surface area contributed by atoms with Crippen molar-refractivity contribution in [2.75, 3.05) is 0 Å². The van der Waals surface area contributed by atoms with Gasteiger partial charge in [-0.05, 0) is 41.6 Å². The maximum Gasteiger partial charge on any atom is 0.371 e. The molecule has 0 saturated heterocycles. The first-order chi connectivity index (χ1) is 8.49. The molecule has 0 bridgehead atoms. The molecule has 0 aromatic carbocycles. The molecule has 0 aliphatic carbocycles. The van der Waals surface area contributed by atoms with Crippen LogP contribution in [-0.4, -0.2) is 20.6 Å². The topological polar surface area (TPSA) is 85.3 Å². The molecule has 0 atom stereocenters. The molecule has 18 heavy (non-hydrogen) atoms. The van der Waals surface area contributed by atoms with E-state index < -0.39 is 5.97 Å². The van der Waals surface area contributed by atoms with Crippen molar-refractivity contribution in [1.82, 2.24) is 9.55 Å². The maximum absolute atomic E-state index is 11.9. The lowest BCUT2D eigenvalue weighted by atomic mass is 10.4. The second-order valence-electron chi connectivity index (χ2n) is 3.62. The molecule has 7 heteroatoms. The number of hydrogen-bond acceptors (Lipinski definition) is 4. The summed E-state index contributed by atoms with van der Waals surface area (Å²) in [7, 11) is 0. The van der Waals surface area contributed by atoms with Crippen molar-refractivity contribution >= 4 is 28.6 Å². The van der Waals surface area contributed by atoms with Crippen LogP contribution in [0.15, 0.2) is 27.5 Å². The van der Waals surface area contributed by atoms with E-state index in [1.165, 1.54) is 22.9 Å². The van der Waals surface area contributed by atoms with Crippen molar-refractivity contribution in [2.24, 2.45) is 0 Å². The first-order valence-electron chi connectivity index (χ1n) is 5.03. The van der Waals surface area contributed by atoms with Crippen molar-refractivity contribution < 1.29 is 14.3 Å². The number of aromatic carboxylic acids is 1. The standard InChI is InChI=1S/C11H9IN2O4/c1-6-13-4-8(12)10(15)14(6)5-7-2-3-9(18-7)11(16)17/h2-4H,5H2,1H3,(H,16,17). The molecule has 0 aliphatic rings. The number of furan rings is 1. The van der Waals surface area contributed by atoms with Crippen molar-refractivity contribution in [3.63, 3.8) is 0 Å². The quantitative estimate of drug-likeness (QED) is 0.839. The second kappa shape index (κ2) is 4.92. The van der Waals surface area contributed by atoms with Gasteiger partial charge in [-0.1, -0.05) is 0 Å². The summed E-state index contributed by atoms with van der Waals surface area (Å²) < 4.78 is 7.05. The lowest BCUT2D eigenvalue weighted by molar-refractivity contribution is 0.0660. The van der Waals surface area contributed by atoms with Gasteiger partial charge in [-0.3, -0.25) is 9.36 Å². The summed E-state index contributed by atoms with van der Waals surface area (Å²) in [4.78, 5) is 26.6. The number of aryl methyl sites for hydroxylation is 1. The normalized spacial score (nSPS) is 10.6. The van der Waals surface area contributed by atoms with Gasteiger partial charge in [0.1, 0.15) is 11.6 Å². The molecule has 0 fully saturated rings. The monoisotopic (exact) mass is 360 g/mol. The Morgan fingerprint density at radius 3 is 2.89 bits per heavy atom. The lowest BCUT2D eigenvalue weighted by Crippen LogP contribution is -2.25. The SMILES string of the molecule is Cc1ncc(I)c(=O)n1Cc1ccc(C(=O)O)o1. The van der Waals surface area contributed by atoms with Gasteiger partial charge in [0.15, 0.2) is 0 Å². The minimum absolute atomic E-state index is 0.144. The van der Waals surface area contributed by atoms with E-state index in [1.54, 1.807) is 6.92 Å². The highest BCUT2D eigenvalue weighted by atomic mass is 127. The van der Waals surface area contributed by atoms with Crippen LogP contribution in [0.3, 0.4) is 0 Å². The Bertz CT molecular complexity index is 659. The maximum atomic E-state index is 11.9. The lowest BCUT2D eigenvalue weighted by Gasteiger charge is -2.07. The molecular weight excluding hydrogens is 351 g/mol. The number of carboxylic acid groups (broad SMARTS) is 1. The molecule has 94 valence electrons. The molecule has 0 amide bonds. The molecule has 0 aliphatic heterocycles. The Kier molecular flexibility index (Phi) is 3.50. The van der Waals surface area contributed by atoms with Crippen LogP contribution in [0.2, 0.25) is 0 Å². The number of aromatic nitrogens is 2. The largest absolute Gasteiger partial charge is 0.475 e. The summed E-state index contributed by atoms with van der Waals surface area (Å²) in [5.41, 5.74) is -0.170. The molecule has 0 unspecified atom stereocenters. The summed E-state index contributed by atoms with van der Waals surface area (Å²) in [5.74, 6) is -0.324. The molecule has 2 aromatic rings. The first kappa shape index (κ1) is 12.8. The third-order valence-corrected chi connectivity index (χ3v) is 3.13. The molecule has 1 N–H and O–H groups in total. The molecular formula is C11H9IN2O4. The van der Waals surface area contributed by atoms with Crippen LogP contribution in [0.5, 0.6) is 0 Å². The van der Waals surface area contributed by atoms with E-state index in [0.717, 1.165) is 0 Å². The Morgan fingerprint density at radius 2 is 2.28 bits per heavy atom. The van der Waals surface area contributed by atoms with E-state index in [0.29, 0.717) is 15.2 Å². The van der Waals surface area contributed by atoms with E-state index in [-0.39, 0.29) is 17.9 Å². The van der Waals surface area contributed by atoms with Crippen LogP contribution in [0, 0.1) is 10.5 Å². The predicted molar refractivity (Wildman–Crippen MR) is 70.7 cm³/mol. The third-order valence-electron chi connectivity index (χ3n) is 2.39. The van der Waals surface area contributed by atoms with Gasteiger partial charge in [0.05, 0.1) is 10.1 Å². The van der Waals surface area contributed by atoms with Crippen LogP contribution < -0.4 is 5.56 Å². The van der Waals surface area contributed by atoms with Gasteiger partial charge in [-0.15, -0.1) is 0 Å². The van der Waals surface area contributed by atoms with Crippen LogP contribution in [0.25, 0.3) is 0 Å². The minimum atomic E-state index is -1.13. The van der Waals surface area contributed by atoms with Gasteiger partial charge in [-0.25, -0.2) is 9.78 Å². The van der Waals surface area contributed by atoms with Crippen LogP contribution in [0.1, 0.15) is 22.1 Å². The Balaban J connectivity index is 2.37. The first-order valence-corrected chi connectivity index (χ1v) is 6.11. The highest BCUT2D eigenvalue weighted by Crippen LogP contribution is 2.10. The zero-order chi connectivity index (χ0) is 13.3. The van der Waals surface area contributed by atoms with Crippen LogP contribution >= 0.6 is 22.6 Å². The summed E-state index contributed by atoms with van der Waals surface area (Å²) in [6.07, 6.45) is 1.50. The van der Waals surface area contributed by atoms with Crippen molar-refractivity contribution in [3.05, 3.63) is 49.6 Å². The van der Waals surface area contributed by atoms with Gasteiger partial charge in [0.25, 0.3) is 5.56 Å². The van der Waals surface area contributed by atoms with Crippen molar-refractivity contribution in [2.45, 2.75) is 13.5 Å². The Morgan fingerprint density at radius 1 is 1.56 bits per heavy atom. The van der Waals surface area contributed by atoms with Crippen molar-refractivity contribution in [3.8, 4) is 0 Å². The summed E-state index contributed by atoms with van der Waals surface area (Å²) in [6.45, 7) is 1.88. The highest BCUT2D eigenvalue weighted by Gasteiger charge is 2.11. The number of carbonyl (C=O) groups is 1. The van der Waals surface area contributed by atoms with E-state index >= 15 is 0 Å². The van der Waals surface area contributed by atoms with Crippen LogP contribution in [0.4, 0.5) is 0 Å². The average molecular weight is 360 g/mol. The summed E-state index contributed by atoms with van der Waals surface area (Å²) in [5, 5.41) is 8.74. The number of hydrogen-bond donors (Lipinski definition) is 1. The van der Waals surface area contributed by atoms with Gasteiger partial charge in [0.2, 0.25) is 5.76 Å². The van der Waals surface area contributed by atoms with Crippen molar-refractivity contribution in [1.29, 1.82) is 0 Å². The van der Waals surface area contributed by atoms with Crippen LogP contribution in [-0.2, 0) is 6.54 Å². The number of rotatable bonds is 3. The molecule has 2 heterocycles. The smallest absolute Gasteiger partial charge is 0.371 e. The van der Waals surface area contributed by atoms with Gasteiger partial charge >= 0.3 is 5.97 Å². The molecule has 0 spiro atoms. The number of halogens is 1.